The van der Waals surface area contributed by atoms with Gasteiger partial charge in [0, 0.05) is 23.7 Å². The third-order valence-corrected chi connectivity index (χ3v) is 8.97. The van der Waals surface area contributed by atoms with Crippen molar-refractivity contribution in [2.75, 3.05) is 28.4 Å². The molecule has 0 amide bonds. The number of carbonyl (C=O) groups excluding carboxylic acids is 2. The van der Waals surface area contributed by atoms with Gasteiger partial charge in [-0.3, -0.25) is 9.59 Å². The van der Waals surface area contributed by atoms with Gasteiger partial charge in [0.1, 0.15) is 0 Å². The number of methoxy groups -OCH3 is 4. The highest BCUT2D eigenvalue weighted by Gasteiger charge is 2.64. The van der Waals surface area contributed by atoms with Crippen LogP contribution in [0.3, 0.4) is 0 Å². The van der Waals surface area contributed by atoms with Crippen molar-refractivity contribution in [3.8, 4) is 23.0 Å². The number of hydrogen-bond acceptors (Lipinski definition) is 8. The Bertz CT molecular complexity index is 1140. The molecular formula is C26H24O6S2. The molecule has 4 atom stereocenters. The smallest absolute Gasteiger partial charge is 0.172 e. The summed E-state index contributed by atoms with van der Waals surface area (Å²) >= 11 is 2.88. The molecule has 6 nitrogen and oxygen atoms in total. The van der Waals surface area contributed by atoms with Gasteiger partial charge >= 0.3 is 0 Å². The Morgan fingerprint density at radius 1 is 0.588 bits per heavy atom. The van der Waals surface area contributed by atoms with Gasteiger partial charge < -0.3 is 18.9 Å². The van der Waals surface area contributed by atoms with Gasteiger partial charge in [0.25, 0.3) is 0 Å². The van der Waals surface area contributed by atoms with Gasteiger partial charge in [-0.2, -0.15) is 0 Å². The summed E-state index contributed by atoms with van der Waals surface area (Å²) in [6.45, 7) is 0. The average molecular weight is 497 g/mol. The van der Waals surface area contributed by atoms with Crippen LogP contribution >= 0.6 is 23.5 Å². The first-order valence-corrected chi connectivity index (χ1v) is 12.5. The molecule has 2 aromatic carbocycles. The number of hydrogen-bond donors (Lipinski definition) is 0. The predicted molar refractivity (Wildman–Crippen MR) is 133 cm³/mol. The Labute approximate surface area is 206 Å². The van der Waals surface area contributed by atoms with Crippen LogP contribution < -0.4 is 18.9 Å². The van der Waals surface area contributed by atoms with Crippen LogP contribution in [-0.4, -0.2) is 40.0 Å². The monoisotopic (exact) mass is 496 g/mol. The van der Waals surface area contributed by atoms with Crippen LogP contribution in [0.4, 0.5) is 0 Å². The molecule has 0 radical (unpaired) electrons. The molecule has 8 heteroatoms. The molecule has 0 bridgehead atoms. The molecule has 0 saturated heterocycles. The molecule has 3 aliphatic rings. The number of Topliss-reactive ketones (excluding diaryl/α,β-unsaturated/α-hetero) is 2. The molecule has 176 valence electrons. The molecule has 2 aliphatic carbocycles. The van der Waals surface area contributed by atoms with Gasteiger partial charge in [-0.1, -0.05) is 35.7 Å². The standard InChI is InChI=1S/C26H24O6S2/c1-29-15-7-5-13(11-17(15)31-3)19-20(14-6-8-16(30-2)18(12-14)32-4)22-21(19)24(27)23(25(22)28)26-33-9-10-34-26/h5-12,19-22H,1-4H3/t19-,20+,21+,22-. The van der Waals surface area contributed by atoms with Crippen LogP contribution in [0.2, 0.25) is 0 Å². The van der Waals surface area contributed by atoms with Gasteiger partial charge in [0.15, 0.2) is 34.6 Å². The van der Waals surface area contributed by atoms with Crippen molar-refractivity contribution in [2.45, 2.75) is 11.8 Å². The largest absolute Gasteiger partial charge is 0.493 e. The summed E-state index contributed by atoms with van der Waals surface area (Å²) in [7, 11) is 6.36. The maximum absolute atomic E-state index is 13.6. The van der Waals surface area contributed by atoms with Crippen molar-refractivity contribution >= 4 is 35.1 Å². The Morgan fingerprint density at radius 3 is 1.38 bits per heavy atom. The van der Waals surface area contributed by atoms with Crippen LogP contribution in [0.5, 0.6) is 23.0 Å². The first-order chi connectivity index (χ1) is 16.5. The van der Waals surface area contributed by atoms with Crippen molar-refractivity contribution in [2.24, 2.45) is 11.8 Å². The summed E-state index contributed by atoms with van der Waals surface area (Å²) in [4.78, 5) is 27.2. The summed E-state index contributed by atoms with van der Waals surface area (Å²) in [5.74, 6) is 1.12. The van der Waals surface area contributed by atoms with E-state index >= 15 is 0 Å². The molecule has 0 spiro atoms. The number of thioether (sulfide) groups is 2. The maximum atomic E-state index is 13.6. The van der Waals surface area contributed by atoms with E-state index in [1.165, 1.54) is 23.5 Å². The predicted octanol–water partition coefficient (Wildman–Crippen LogP) is 5.15. The van der Waals surface area contributed by atoms with Crippen molar-refractivity contribution in [3.63, 3.8) is 0 Å². The van der Waals surface area contributed by atoms with Crippen molar-refractivity contribution in [3.05, 3.63) is 68.2 Å². The number of fused-ring (bicyclic) bond motifs is 1. The van der Waals surface area contributed by atoms with E-state index in [4.69, 9.17) is 18.9 Å². The summed E-state index contributed by atoms with van der Waals surface area (Å²) < 4.78 is 22.6. The fraction of sp³-hybridized carbons (Fsp3) is 0.308. The second-order valence-electron chi connectivity index (χ2n) is 8.23. The Morgan fingerprint density at radius 2 is 1.00 bits per heavy atom. The molecule has 0 N–H and O–H groups in total. The minimum Gasteiger partial charge on any atom is -0.493 e. The summed E-state index contributed by atoms with van der Waals surface area (Å²) in [6, 6.07) is 11.4. The van der Waals surface area contributed by atoms with E-state index in [1.807, 2.05) is 47.2 Å². The number of allylic oxidation sites excluding steroid dienone is 1. The van der Waals surface area contributed by atoms with Gasteiger partial charge in [0.2, 0.25) is 0 Å². The van der Waals surface area contributed by atoms with Crippen molar-refractivity contribution in [1.82, 2.24) is 0 Å². The lowest BCUT2D eigenvalue weighted by molar-refractivity contribution is -0.127. The topological polar surface area (TPSA) is 71.1 Å². The Kier molecular flexibility index (Phi) is 6.12. The molecule has 2 aromatic rings. The number of carbonyl (C=O) groups is 2. The second kappa shape index (κ2) is 9.07. The van der Waals surface area contributed by atoms with Crippen LogP contribution in [0.15, 0.2) is 57.0 Å². The minimum absolute atomic E-state index is 0.0646. The zero-order chi connectivity index (χ0) is 24.0. The molecular weight excluding hydrogens is 472 g/mol. The van der Waals surface area contributed by atoms with E-state index in [9.17, 15) is 9.59 Å². The average Bonchev–Trinajstić information content (AvgIpc) is 3.43. The van der Waals surface area contributed by atoms with E-state index < -0.39 is 11.8 Å². The van der Waals surface area contributed by atoms with Gasteiger partial charge in [-0.05, 0) is 46.2 Å². The molecule has 1 heterocycles. The second-order valence-corrected chi connectivity index (χ2v) is 10.3. The third kappa shape index (κ3) is 3.43. The molecule has 0 aromatic heterocycles. The van der Waals surface area contributed by atoms with E-state index in [0.29, 0.717) is 28.6 Å². The zero-order valence-electron chi connectivity index (χ0n) is 19.2. The molecule has 5 rings (SSSR count). The first kappa shape index (κ1) is 22.9. The van der Waals surface area contributed by atoms with Crippen LogP contribution in [-0.2, 0) is 9.59 Å². The molecule has 0 unspecified atom stereocenters. The lowest BCUT2D eigenvalue weighted by Crippen LogP contribution is -2.45. The highest BCUT2D eigenvalue weighted by molar-refractivity contribution is 8.27. The van der Waals surface area contributed by atoms with Gasteiger partial charge in [0.05, 0.1) is 38.2 Å². The van der Waals surface area contributed by atoms with E-state index in [0.717, 1.165) is 15.4 Å². The number of ether oxygens (including phenoxy) is 4. The summed E-state index contributed by atoms with van der Waals surface area (Å²) in [5.41, 5.74) is 2.23. The van der Waals surface area contributed by atoms with Crippen LogP contribution in [0.25, 0.3) is 0 Å². The molecule has 34 heavy (non-hydrogen) atoms. The first-order valence-electron chi connectivity index (χ1n) is 10.8. The molecule has 2 saturated carbocycles. The van der Waals surface area contributed by atoms with Gasteiger partial charge in [-0.15, -0.1) is 0 Å². The fourth-order valence-electron chi connectivity index (χ4n) is 5.33. The number of ketones is 2. The lowest BCUT2D eigenvalue weighted by Gasteiger charge is -2.47. The summed E-state index contributed by atoms with van der Waals surface area (Å²) in [5, 5.41) is 3.82. The fourth-order valence-corrected chi connectivity index (χ4v) is 7.22. The van der Waals surface area contributed by atoms with Crippen molar-refractivity contribution < 1.29 is 28.5 Å². The van der Waals surface area contributed by atoms with E-state index in [2.05, 4.69) is 0 Å². The molecule has 1 aliphatic heterocycles. The summed E-state index contributed by atoms with van der Waals surface area (Å²) in [6.07, 6.45) is 0. The van der Waals surface area contributed by atoms with E-state index in [-0.39, 0.29) is 23.4 Å². The highest BCUT2D eigenvalue weighted by atomic mass is 32.2. The quantitative estimate of drug-likeness (QED) is 0.402. The van der Waals surface area contributed by atoms with Gasteiger partial charge in [-0.25, -0.2) is 0 Å². The SMILES string of the molecule is COc1ccc([C@@H]2[C@H]3C(=O)C(=C4SC=CS4)C(=O)[C@H]3[C@@H]2c2ccc(OC)c(OC)c2)cc1OC. The highest BCUT2D eigenvalue weighted by Crippen LogP contribution is 2.64. The van der Waals surface area contributed by atoms with Crippen LogP contribution in [0.1, 0.15) is 23.0 Å². The van der Waals surface area contributed by atoms with E-state index in [1.54, 1.807) is 28.4 Å². The third-order valence-electron chi connectivity index (χ3n) is 6.84. The molecule has 2 fully saturated rings. The van der Waals surface area contributed by atoms with Crippen molar-refractivity contribution in [1.29, 1.82) is 0 Å². The lowest BCUT2D eigenvalue weighted by atomic mass is 9.53. The zero-order valence-corrected chi connectivity index (χ0v) is 20.8. The maximum Gasteiger partial charge on any atom is 0.172 e. The normalized spacial score (nSPS) is 25.3. The Balaban J connectivity index is 1.63. The Hall–Kier alpha value is -2.84. The minimum atomic E-state index is -0.409. The number of benzene rings is 2. The van der Waals surface area contributed by atoms with Crippen LogP contribution in [0, 0.1) is 11.8 Å². The number of rotatable bonds is 6.